The van der Waals surface area contributed by atoms with E-state index in [2.05, 4.69) is 5.32 Å². The van der Waals surface area contributed by atoms with Crippen LogP contribution in [0.4, 0.5) is 11.4 Å². The van der Waals surface area contributed by atoms with Gasteiger partial charge in [0.2, 0.25) is 5.91 Å². The van der Waals surface area contributed by atoms with Crippen molar-refractivity contribution < 1.29 is 19.9 Å². The quantitative estimate of drug-likeness (QED) is 0.352. The minimum Gasteiger partial charge on any atom is -0.393 e. The van der Waals surface area contributed by atoms with Crippen LogP contribution in [0.3, 0.4) is 0 Å². The number of halogens is 1. The molecule has 1 rings (SSSR count). The van der Waals surface area contributed by atoms with Crippen molar-refractivity contribution in [2.24, 2.45) is 0 Å². The summed E-state index contributed by atoms with van der Waals surface area (Å²) >= 11 is 5.85. The van der Waals surface area contributed by atoms with Gasteiger partial charge in [0.15, 0.2) is 0 Å². The van der Waals surface area contributed by atoms with Crippen molar-refractivity contribution in [1.82, 2.24) is 5.32 Å². The minimum absolute atomic E-state index is 0.0116. The van der Waals surface area contributed by atoms with Gasteiger partial charge in [0.1, 0.15) is 17.9 Å². The third kappa shape index (κ3) is 3.80. The molecule has 2 unspecified atom stereocenters. The molecule has 1 aromatic rings. The molecule has 20 heavy (non-hydrogen) atoms. The van der Waals surface area contributed by atoms with Crippen LogP contribution < -0.4 is 11.1 Å². The van der Waals surface area contributed by atoms with Crippen molar-refractivity contribution in [3.63, 3.8) is 0 Å². The zero-order valence-electron chi connectivity index (χ0n) is 10.5. The molecule has 2 atom stereocenters. The van der Waals surface area contributed by atoms with Gasteiger partial charge in [0, 0.05) is 30.1 Å². The lowest BCUT2D eigenvalue weighted by Crippen LogP contribution is -2.34. The maximum atomic E-state index is 10.8. The van der Waals surface area contributed by atoms with Crippen LogP contribution in [-0.2, 0) is 4.79 Å². The first-order valence-electron chi connectivity index (χ1n) is 5.58. The van der Waals surface area contributed by atoms with E-state index in [0.29, 0.717) is 0 Å². The van der Waals surface area contributed by atoms with Crippen LogP contribution in [0.1, 0.15) is 18.6 Å². The van der Waals surface area contributed by atoms with Gasteiger partial charge in [-0.15, -0.1) is 0 Å². The van der Waals surface area contributed by atoms with E-state index < -0.39 is 22.8 Å². The number of aliphatic hydroxyl groups excluding tert-OH is 2. The standard InChI is InChI=1S/C11H14ClN3O5/c1-5(16)14-4-10(17)11(18)6-2-9(15(19)20)8(13)3-7(6)12/h2-3,10-11,17-18H,4,13H2,1H3,(H,14,16). The lowest BCUT2D eigenvalue weighted by atomic mass is 10.0. The summed E-state index contributed by atoms with van der Waals surface area (Å²) in [5, 5.41) is 32.7. The van der Waals surface area contributed by atoms with Crippen LogP contribution in [-0.4, -0.2) is 33.7 Å². The monoisotopic (exact) mass is 303 g/mol. The minimum atomic E-state index is -1.49. The van der Waals surface area contributed by atoms with Crippen LogP contribution in [0.25, 0.3) is 0 Å². The van der Waals surface area contributed by atoms with E-state index in [1.165, 1.54) is 6.92 Å². The molecule has 0 radical (unpaired) electrons. The molecule has 0 aliphatic heterocycles. The number of anilines is 1. The Morgan fingerprint density at radius 2 is 2.15 bits per heavy atom. The number of carbonyl (C=O) groups excluding carboxylic acids is 1. The molecule has 0 saturated heterocycles. The molecule has 0 aliphatic rings. The van der Waals surface area contributed by atoms with Crippen molar-refractivity contribution in [2.75, 3.05) is 12.3 Å². The number of rotatable bonds is 5. The lowest BCUT2D eigenvalue weighted by molar-refractivity contribution is -0.384. The summed E-state index contributed by atoms with van der Waals surface area (Å²) < 4.78 is 0. The van der Waals surface area contributed by atoms with E-state index in [1.54, 1.807) is 0 Å². The molecule has 8 nitrogen and oxygen atoms in total. The Hall–Kier alpha value is -1.90. The molecule has 0 heterocycles. The molecule has 0 saturated carbocycles. The normalized spacial score (nSPS) is 13.6. The van der Waals surface area contributed by atoms with Crippen LogP contribution in [0.15, 0.2) is 12.1 Å². The second-order valence-corrected chi connectivity index (χ2v) is 4.55. The van der Waals surface area contributed by atoms with E-state index in [1.807, 2.05) is 0 Å². The summed E-state index contributed by atoms with van der Waals surface area (Å²) in [6.07, 6.45) is -2.85. The average Bonchev–Trinajstić information content (AvgIpc) is 2.34. The van der Waals surface area contributed by atoms with Crippen molar-refractivity contribution in [1.29, 1.82) is 0 Å². The van der Waals surface area contributed by atoms with Crippen LogP contribution >= 0.6 is 11.6 Å². The Kier molecular flexibility index (Phi) is 5.26. The third-order valence-electron chi connectivity index (χ3n) is 2.59. The van der Waals surface area contributed by atoms with Gasteiger partial charge in [-0.2, -0.15) is 0 Å². The van der Waals surface area contributed by atoms with E-state index in [4.69, 9.17) is 17.3 Å². The Morgan fingerprint density at radius 1 is 1.55 bits per heavy atom. The average molecular weight is 304 g/mol. The van der Waals surface area contributed by atoms with Gasteiger partial charge in [-0.1, -0.05) is 11.6 Å². The molecule has 110 valence electrons. The number of nitrogen functional groups attached to an aromatic ring is 1. The molecule has 0 aliphatic carbocycles. The lowest BCUT2D eigenvalue weighted by Gasteiger charge is -2.19. The maximum Gasteiger partial charge on any atom is 0.292 e. The first-order chi connectivity index (χ1) is 9.23. The molecule has 5 N–H and O–H groups in total. The Balaban J connectivity index is 3.02. The van der Waals surface area contributed by atoms with Gasteiger partial charge >= 0.3 is 0 Å². The number of nitrogens with zero attached hydrogens (tertiary/aromatic N) is 1. The van der Waals surface area contributed by atoms with Crippen LogP contribution in [0.2, 0.25) is 5.02 Å². The molecular formula is C11H14ClN3O5. The molecule has 1 amide bonds. The maximum absolute atomic E-state index is 10.8. The molecule has 0 aromatic heterocycles. The van der Waals surface area contributed by atoms with E-state index in [9.17, 15) is 25.1 Å². The summed E-state index contributed by atoms with van der Waals surface area (Å²) in [7, 11) is 0. The largest absolute Gasteiger partial charge is 0.393 e. The number of carbonyl (C=O) groups is 1. The highest BCUT2D eigenvalue weighted by Crippen LogP contribution is 2.33. The van der Waals surface area contributed by atoms with Gasteiger partial charge in [-0.25, -0.2) is 0 Å². The van der Waals surface area contributed by atoms with E-state index in [0.717, 1.165) is 12.1 Å². The van der Waals surface area contributed by atoms with E-state index in [-0.39, 0.29) is 28.7 Å². The first kappa shape index (κ1) is 16.2. The summed E-state index contributed by atoms with van der Waals surface area (Å²) in [4.78, 5) is 20.8. The predicted molar refractivity (Wildman–Crippen MR) is 72.2 cm³/mol. The summed E-state index contributed by atoms with van der Waals surface area (Å²) in [5.74, 6) is -0.384. The molecule has 9 heteroatoms. The zero-order valence-corrected chi connectivity index (χ0v) is 11.3. The highest BCUT2D eigenvalue weighted by Gasteiger charge is 2.25. The number of nitrogens with two attached hydrogens (primary N) is 1. The molecule has 0 bridgehead atoms. The predicted octanol–water partition coefficient (Wildman–Crippen LogP) is 0.361. The number of hydrogen-bond donors (Lipinski definition) is 4. The number of benzene rings is 1. The molecule has 0 fully saturated rings. The van der Waals surface area contributed by atoms with Gasteiger partial charge < -0.3 is 21.3 Å². The number of hydrogen-bond acceptors (Lipinski definition) is 6. The molecule has 0 spiro atoms. The number of amides is 1. The Labute approximate surface area is 119 Å². The first-order valence-corrected chi connectivity index (χ1v) is 5.95. The van der Waals surface area contributed by atoms with Crippen molar-refractivity contribution in [3.05, 3.63) is 32.8 Å². The highest BCUT2D eigenvalue weighted by molar-refractivity contribution is 6.31. The van der Waals surface area contributed by atoms with Crippen molar-refractivity contribution >= 4 is 28.9 Å². The topological polar surface area (TPSA) is 139 Å². The fourth-order valence-corrected chi connectivity index (χ4v) is 1.83. The SMILES string of the molecule is CC(=O)NCC(O)C(O)c1cc([N+](=O)[O-])c(N)cc1Cl. The number of aliphatic hydroxyl groups is 2. The van der Waals surface area contributed by atoms with Gasteiger partial charge in [-0.3, -0.25) is 14.9 Å². The second kappa shape index (κ2) is 6.51. The fourth-order valence-electron chi connectivity index (χ4n) is 1.55. The van der Waals surface area contributed by atoms with Crippen LogP contribution in [0.5, 0.6) is 0 Å². The summed E-state index contributed by atoms with van der Waals surface area (Å²) in [5.41, 5.74) is 4.83. The van der Waals surface area contributed by atoms with Gasteiger partial charge in [-0.05, 0) is 6.07 Å². The van der Waals surface area contributed by atoms with Crippen molar-refractivity contribution in [3.8, 4) is 0 Å². The third-order valence-corrected chi connectivity index (χ3v) is 2.91. The summed E-state index contributed by atoms with van der Waals surface area (Å²) in [6, 6.07) is 2.13. The number of nitro groups is 1. The Morgan fingerprint density at radius 3 is 2.65 bits per heavy atom. The highest BCUT2D eigenvalue weighted by atomic mass is 35.5. The smallest absolute Gasteiger partial charge is 0.292 e. The molecule has 1 aromatic carbocycles. The fraction of sp³-hybridized carbons (Fsp3) is 0.364. The van der Waals surface area contributed by atoms with E-state index >= 15 is 0 Å². The number of nitrogens with one attached hydrogen (secondary N) is 1. The van der Waals surface area contributed by atoms with Crippen molar-refractivity contribution in [2.45, 2.75) is 19.1 Å². The molecular weight excluding hydrogens is 290 g/mol. The van der Waals surface area contributed by atoms with Gasteiger partial charge in [0.05, 0.1) is 4.92 Å². The summed E-state index contributed by atoms with van der Waals surface area (Å²) in [6.45, 7) is 1.03. The second-order valence-electron chi connectivity index (χ2n) is 4.14. The number of nitro benzene ring substituents is 1. The Bertz CT molecular complexity index is 537. The zero-order chi connectivity index (χ0) is 15.4. The van der Waals surface area contributed by atoms with Crippen LogP contribution in [0, 0.1) is 10.1 Å². The van der Waals surface area contributed by atoms with Gasteiger partial charge in [0.25, 0.3) is 5.69 Å².